The Morgan fingerprint density at radius 1 is 1.35 bits per heavy atom. The molecule has 0 radical (unpaired) electrons. The van der Waals surface area contributed by atoms with Crippen LogP contribution in [-0.2, 0) is 22.6 Å². The summed E-state index contributed by atoms with van der Waals surface area (Å²) in [5.74, 6) is -0.650. The molecular weight excluding hydrogens is 340 g/mol. The molecule has 0 unspecified atom stereocenters. The minimum absolute atomic E-state index is 0.0707. The zero-order valence-corrected chi connectivity index (χ0v) is 13.9. The van der Waals surface area contributed by atoms with Crippen molar-refractivity contribution in [2.45, 2.75) is 13.0 Å². The number of amides is 1. The first-order valence-electron chi connectivity index (χ1n) is 6.71. The molecule has 0 saturated carbocycles. The minimum atomic E-state index is -1.05. The van der Waals surface area contributed by atoms with E-state index >= 15 is 0 Å². The molecule has 1 N–H and O–H groups in total. The van der Waals surface area contributed by atoms with Crippen molar-refractivity contribution >= 4 is 34.8 Å². The molecule has 122 valence electrons. The molecule has 0 aliphatic heterocycles. The molecule has 23 heavy (non-hydrogen) atoms. The van der Waals surface area contributed by atoms with Crippen molar-refractivity contribution in [2.24, 2.45) is 0 Å². The fourth-order valence-corrected chi connectivity index (χ4v) is 2.58. The van der Waals surface area contributed by atoms with Crippen molar-refractivity contribution in [2.75, 3.05) is 13.6 Å². The molecule has 0 saturated heterocycles. The quantitative estimate of drug-likeness (QED) is 0.826. The van der Waals surface area contributed by atoms with Gasteiger partial charge in [0, 0.05) is 17.5 Å². The van der Waals surface area contributed by atoms with Crippen molar-refractivity contribution in [3.8, 4) is 5.75 Å². The van der Waals surface area contributed by atoms with Crippen LogP contribution in [0.25, 0.3) is 0 Å². The first-order chi connectivity index (χ1) is 10.9. The van der Waals surface area contributed by atoms with Gasteiger partial charge >= 0.3 is 5.97 Å². The highest BCUT2D eigenvalue weighted by atomic mass is 35.5. The number of nitrogens with zero attached hydrogens (tertiary/aromatic N) is 2. The van der Waals surface area contributed by atoms with E-state index in [0.717, 1.165) is 9.91 Å². The Balaban J connectivity index is 1.86. The number of aliphatic carboxylic acids is 1. The smallest absolute Gasteiger partial charge is 0.323 e. The van der Waals surface area contributed by atoms with Crippen molar-refractivity contribution < 1.29 is 19.4 Å². The van der Waals surface area contributed by atoms with Crippen molar-refractivity contribution in [3.63, 3.8) is 0 Å². The third-order valence-corrected chi connectivity index (χ3v) is 4.03. The Bertz CT molecular complexity index is 687. The van der Waals surface area contributed by atoms with Gasteiger partial charge in [-0.05, 0) is 24.3 Å². The third-order valence-electron chi connectivity index (χ3n) is 2.91. The normalized spacial score (nSPS) is 10.3. The van der Waals surface area contributed by atoms with Crippen LogP contribution in [0.3, 0.4) is 0 Å². The lowest BCUT2D eigenvalue weighted by atomic mass is 10.3. The number of carboxylic acids is 1. The van der Waals surface area contributed by atoms with Gasteiger partial charge in [0.2, 0.25) is 5.91 Å². The molecule has 0 fully saturated rings. The SMILES string of the molecule is CN(CC(=O)O)C(=O)Cc1csc(COc2ccc(Cl)cc2)n1. The van der Waals surface area contributed by atoms with Gasteiger partial charge in [0.1, 0.15) is 23.9 Å². The zero-order valence-electron chi connectivity index (χ0n) is 12.4. The minimum Gasteiger partial charge on any atom is -0.486 e. The third kappa shape index (κ3) is 5.54. The molecule has 2 aromatic rings. The summed E-state index contributed by atoms with van der Waals surface area (Å²) in [7, 11) is 1.45. The number of carboxylic acid groups (broad SMARTS) is 1. The molecule has 6 nitrogen and oxygen atoms in total. The van der Waals surface area contributed by atoms with Gasteiger partial charge < -0.3 is 14.7 Å². The van der Waals surface area contributed by atoms with E-state index in [-0.39, 0.29) is 18.9 Å². The van der Waals surface area contributed by atoms with E-state index in [9.17, 15) is 9.59 Å². The average Bonchev–Trinajstić information content (AvgIpc) is 2.93. The van der Waals surface area contributed by atoms with Crippen LogP contribution in [0, 0.1) is 0 Å². The Kier molecular flexibility index (Phi) is 5.95. The van der Waals surface area contributed by atoms with E-state index in [1.54, 1.807) is 29.6 Å². The van der Waals surface area contributed by atoms with Crippen LogP contribution in [0.15, 0.2) is 29.6 Å². The topological polar surface area (TPSA) is 79.7 Å². The van der Waals surface area contributed by atoms with Crippen molar-refractivity contribution in [1.82, 2.24) is 9.88 Å². The highest BCUT2D eigenvalue weighted by Gasteiger charge is 2.14. The number of carbonyl (C=O) groups is 2. The van der Waals surface area contributed by atoms with E-state index in [2.05, 4.69) is 4.98 Å². The fourth-order valence-electron chi connectivity index (χ4n) is 1.75. The summed E-state index contributed by atoms with van der Waals surface area (Å²) in [6.07, 6.45) is 0.0707. The lowest BCUT2D eigenvalue weighted by molar-refractivity contribution is -0.143. The summed E-state index contributed by atoms with van der Waals surface area (Å²) >= 11 is 7.19. The number of halogens is 1. The maximum atomic E-state index is 11.9. The lowest BCUT2D eigenvalue weighted by Gasteiger charge is -2.13. The van der Waals surface area contributed by atoms with Crippen LogP contribution in [0.5, 0.6) is 5.75 Å². The van der Waals surface area contributed by atoms with Gasteiger partial charge in [0.05, 0.1) is 12.1 Å². The molecule has 0 spiro atoms. The molecule has 0 bridgehead atoms. The summed E-state index contributed by atoms with van der Waals surface area (Å²) in [5.41, 5.74) is 0.604. The molecule has 1 aromatic heterocycles. The number of carbonyl (C=O) groups excluding carboxylic acids is 1. The Morgan fingerprint density at radius 2 is 2.04 bits per heavy atom. The Labute approximate surface area is 142 Å². The first-order valence-corrected chi connectivity index (χ1v) is 7.97. The van der Waals surface area contributed by atoms with Crippen molar-refractivity contribution in [3.05, 3.63) is 45.4 Å². The zero-order chi connectivity index (χ0) is 16.8. The van der Waals surface area contributed by atoms with Gasteiger partial charge in [0.15, 0.2) is 0 Å². The van der Waals surface area contributed by atoms with E-state index in [4.69, 9.17) is 21.4 Å². The fraction of sp³-hybridized carbons (Fsp3) is 0.267. The summed E-state index contributed by atoms with van der Waals surface area (Å²) in [6.45, 7) is -0.0268. The number of aromatic nitrogens is 1. The van der Waals surface area contributed by atoms with E-state index in [0.29, 0.717) is 23.1 Å². The number of likely N-dealkylation sites (N-methyl/N-ethyl adjacent to an activating group) is 1. The monoisotopic (exact) mass is 354 g/mol. The lowest BCUT2D eigenvalue weighted by Crippen LogP contribution is -2.33. The molecule has 1 heterocycles. The van der Waals surface area contributed by atoms with Crippen LogP contribution >= 0.6 is 22.9 Å². The van der Waals surface area contributed by atoms with E-state index in [1.165, 1.54) is 18.4 Å². The molecule has 0 aliphatic carbocycles. The van der Waals surface area contributed by atoms with Gasteiger partial charge in [-0.25, -0.2) is 4.98 Å². The molecule has 1 aromatic carbocycles. The van der Waals surface area contributed by atoms with Gasteiger partial charge in [-0.15, -0.1) is 11.3 Å². The predicted octanol–water partition coefficient (Wildman–Crippen LogP) is 2.46. The highest BCUT2D eigenvalue weighted by Crippen LogP contribution is 2.18. The predicted molar refractivity (Wildman–Crippen MR) is 86.9 cm³/mol. The summed E-state index contributed by atoms with van der Waals surface area (Å²) < 4.78 is 5.58. The number of rotatable bonds is 7. The second-order valence-corrected chi connectivity index (χ2v) is 6.17. The highest BCUT2D eigenvalue weighted by molar-refractivity contribution is 7.09. The van der Waals surface area contributed by atoms with Crippen molar-refractivity contribution in [1.29, 1.82) is 0 Å². The molecule has 1 amide bonds. The second-order valence-electron chi connectivity index (χ2n) is 4.80. The molecular formula is C15H15ClN2O4S. The van der Waals surface area contributed by atoms with Crippen LogP contribution in [0.1, 0.15) is 10.7 Å². The number of hydrogen-bond donors (Lipinski definition) is 1. The largest absolute Gasteiger partial charge is 0.486 e. The van der Waals surface area contributed by atoms with Crippen LogP contribution in [0.4, 0.5) is 0 Å². The van der Waals surface area contributed by atoms with Crippen LogP contribution in [0.2, 0.25) is 5.02 Å². The van der Waals surface area contributed by atoms with Gasteiger partial charge in [-0.3, -0.25) is 9.59 Å². The van der Waals surface area contributed by atoms with Gasteiger partial charge in [-0.1, -0.05) is 11.6 Å². The second kappa shape index (κ2) is 7.94. The summed E-state index contributed by atoms with van der Waals surface area (Å²) in [6, 6.07) is 7.00. The number of thiazole rings is 1. The van der Waals surface area contributed by atoms with Gasteiger partial charge in [0.25, 0.3) is 0 Å². The van der Waals surface area contributed by atoms with Gasteiger partial charge in [-0.2, -0.15) is 0 Å². The maximum absolute atomic E-state index is 11.9. The summed E-state index contributed by atoms with van der Waals surface area (Å²) in [5, 5.41) is 11.8. The molecule has 8 heteroatoms. The molecule has 2 rings (SSSR count). The maximum Gasteiger partial charge on any atom is 0.323 e. The number of hydrogen-bond acceptors (Lipinski definition) is 5. The standard InChI is InChI=1S/C15H15ClN2O4S/c1-18(7-15(20)21)14(19)6-11-9-23-13(17-11)8-22-12-4-2-10(16)3-5-12/h2-5,9H,6-8H2,1H3,(H,20,21). The number of ether oxygens (including phenoxy) is 1. The van der Waals surface area contributed by atoms with E-state index in [1.807, 2.05) is 0 Å². The van der Waals surface area contributed by atoms with Crippen LogP contribution in [-0.4, -0.2) is 40.5 Å². The summed E-state index contributed by atoms with van der Waals surface area (Å²) in [4.78, 5) is 27.9. The van der Waals surface area contributed by atoms with E-state index < -0.39 is 5.97 Å². The first kappa shape index (κ1) is 17.2. The Hall–Kier alpha value is -2.12. The molecule has 0 aliphatic rings. The Morgan fingerprint density at radius 3 is 2.70 bits per heavy atom. The number of benzene rings is 1. The van der Waals surface area contributed by atoms with Crippen LogP contribution < -0.4 is 4.74 Å². The average molecular weight is 355 g/mol. The molecule has 0 atom stereocenters.